The topological polar surface area (TPSA) is 100 Å². The van der Waals surface area contributed by atoms with Gasteiger partial charge in [0.1, 0.15) is 6.07 Å². The van der Waals surface area contributed by atoms with E-state index in [1.54, 1.807) is 23.1 Å². The Kier molecular flexibility index (Phi) is 4.49. The summed E-state index contributed by atoms with van der Waals surface area (Å²) in [4.78, 5) is 14.7. The summed E-state index contributed by atoms with van der Waals surface area (Å²) >= 11 is 0. The molecule has 0 radical (unpaired) electrons. The first-order valence-corrected chi connectivity index (χ1v) is 10.2. The summed E-state index contributed by atoms with van der Waals surface area (Å²) in [6.45, 7) is 0.570. The van der Waals surface area contributed by atoms with E-state index in [-0.39, 0.29) is 35.7 Å². The minimum Gasteiger partial charge on any atom is -0.334 e. The summed E-state index contributed by atoms with van der Waals surface area (Å²) < 4.78 is 41.9. The molecule has 1 saturated heterocycles. The lowest BCUT2D eigenvalue weighted by atomic mass is 9.89. The third-order valence-electron chi connectivity index (χ3n) is 6.65. The van der Waals surface area contributed by atoms with Gasteiger partial charge in [-0.25, -0.2) is 0 Å². The SMILES string of the molecule is N#Cc1ccc2nnc(C(=O)N3C[C@H]4C[C@@H](c5ccccc5C(F)(F)F)C[C@@]4(N)C3)n2c1. The van der Waals surface area contributed by atoms with Gasteiger partial charge in [-0.1, -0.05) is 18.2 Å². The van der Waals surface area contributed by atoms with Crippen LogP contribution in [0.3, 0.4) is 0 Å². The number of amides is 1. The van der Waals surface area contributed by atoms with Crippen molar-refractivity contribution in [3.05, 3.63) is 65.1 Å². The molecule has 0 bridgehead atoms. The summed E-state index contributed by atoms with van der Waals surface area (Å²) in [6, 6.07) is 10.8. The maximum atomic E-state index is 13.5. The first kappa shape index (κ1) is 20.5. The lowest BCUT2D eigenvalue weighted by Gasteiger charge is -2.25. The number of hydrogen-bond acceptors (Lipinski definition) is 5. The van der Waals surface area contributed by atoms with Gasteiger partial charge >= 0.3 is 6.18 Å². The highest BCUT2D eigenvalue weighted by atomic mass is 19.4. The number of nitrogens with two attached hydrogens (primary N) is 1. The quantitative estimate of drug-likeness (QED) is 0.660. The molecule has 2 N–H and O–H groups in total. The number of hydrogen-bond donors (Lipinski definition) is 1. The lowest BCUT2D eigenvalue weighted by Crippen LogP contribution is -2.45. The monoisotopic (exact) mass is 440 g/mol. The number of alkyl halides is 3. The lowest BCUT2D eigenvalue weighted by molar-refractivity contribution is -0.138. The van der Waals surface area contributed by atoms with Crippen LogP contribution in [-0.2, 0) is 6.18 Å². The van der Waals surface area contributed by atoms with Crippen molar-refractivity contribution in [2.75, 3.05) is 13.1 Å². The van der Waals surface area contributed by atoms with E-state index in [2.05, 4.69) is 10.2 Å². The highest BCUT2D eigenvalue weighted by molar-refractivity contribution is 5.91. The predicted molar refractivity (Wildman–Crippen MR) is 107 cm³/mol. The maximum absolute atomic E-state index is 13.5. The molecule has 32 heavy (non-hydrogen) atoms. The van der Waals surface area contributed by atoms with Crippen LogP contribution in [0.2, 0.25) is 0 Å². The van der Waals surface area contributed by atoms with Gasteiger partial charge in [0, 0.05) is 24.8 Å². The van der Waals surface area contributed by atoms with Crippen molar-refractivity contribution < 1.29 is 18.0 Å². The van der Waals surface area contributed by atoms with Crippen molar-refractivity contribution in [3.63, 3.8) is 0 Å². The molecule has 1 aliphatic heterocycles. The van der Waals surface area contributed by atoms with E-state index in [1.165, 1.54) is 22.7 Å². The van der Waals surface area contributed by atoms with Crippen molar-refractivity contribution >= 4 is 11.6 Å². The number of rotatable bonds is 2. The fraction of sp³-hybridized carbons (Fsp3) is 0.364. The summed E-state index contributed by atoms with van der Waals surface area (Å²) in [7, 11) is 0. The Morgan fingerprint density at radius 2 is 2.00 bits per heavy atom. The van der Waals surface area contributed by atoms with E-state index >= 15 is 0 Å². The zero-order valence-electron chi connectivity index (χ0n) is 16.9. The Bertz CT molecular complexity index is 1260. The zero-order chi connectivity index (χ0) is 22.7. The second-order valence-corrected chi connectivity index (χ2v) is 8.62. The molecule has 10 heteroatoms. The van der Waals surface area contributed by atoms with Gasteiger partial charge < -0.3 is 10.6 Å². The van der Waals surface area contributed by atoms with Crippen LogP contribution in [0.5, 0.6) is 0 Å². The molecule has 1 amide bonds. The van der Waals surface area contributed by atoms with Crippen LogP contribution < -0.4 is 5.73 Å². The minimum atomic E-state index is -4.42. The third-order valence-corrected chi connectivity index (χ3v) is 6.65. The molecule has 3 heterocycles. The molecule has 2 fully saturated rings. The van der Waals surface area contributed by atoms with Crippen LogP contribution in [0.1, 0.15) is 46.1 Å². The normalized spacial score (nSPS) is 25.2. The van der Waals surface area contributed by atoms with Crippen molar-refractivity contribution in [2.24, 2.45) is 11.7 Å². The number of benzene rings is 1. The van der Waals surface area contributed by atoms with Crippen molar-refractivity contribution in [1.82, 2.24) is 19.5 Å². The molecule has 0 spiro atoms. The van der Waals surface area contributed by atoms with Gasteiger partial charge in [-0.15, -0.1) is 10.2 Å². The molecular weight excluding hydrogens is 421 g/mol. The third kappa shape index (κ3) is 3.20. The fourth-order valence-electron chi connectivity index (χ4n) is 5.17. The summed E-state index contributed by atoms with van der Waals surface area (Å²) in [6.07, 6.45) is -2.07. The maximum Gasteiger partial charge on any atom is 0.416 e. The summed E-state index contributed by atoms with van der Waals surface area (Å²) in [5, 5.41) is 17.1. The zero-order valence-corrected chi connectivity index (χ0v) is 16.9. The first-order valence-electron chi connectivity index (χ1n) is 10.2. The molecule has 1 saturated carbocycles. The highest BCUT2D eigenvalue weighted by Gasteiger charge is 2.53. The Hall–Kier alpha value is -3.45. The number of nitriles is 1. The van der Waals surface area contributed by atoms with E-state index in [1.807, 2.05) is 6.07 Å². The molecule has 3 atom stereocenters. The molecular formula is C22H19F3N6O. The van der Waals surface area contributed by atoms with E-state index in [9.17, 15) is 18.0 Å². The van der Waals surface area contributed by atoms with E-state index < -0.39 is 17.3 Å². The largest absolute Gasteiger partial charge is 0.416 e. The second-order valence-electron chi connectivity index (χ2n) is 8.62. The van der Waals surface area contributed by atoms with E-state index in [4.69, 9.17) is 11.0 Å². The molecule has 1 aliphatic carbocycles. The van der Waals surface area contributed by atoms with Gasteiger partial charge in [0.15, 0.2) is 5.65 Å². The smallest absolute Gasteiger partial charge is 0.334 e. The van der Waals surface area contributed by atoms with E-state index in [0.717, 1.165) is 6.07 Å². The van der Waals surface area contributed by atoms with Crippen LogP contribution >= 0.6 is 0 Å². The second kappa shape index (κ2) is 7.03. The average Bonchev–Trinajstić information content (AvgIpc) is 3.41. The Morgan fingerprint density at radius 1 is 1.22 bits per heavy atom. The molecule has 3 aromatic rings. The first-order chi connectivity index (χ1) is 15.2. The van der Waals surface area contributed by atoms with E-state index in [0.29, 0.717) is 30.6 Å². The molecule has 0 unspecified atom stereocenters. The number of nitrogens with zero attached hydrogens (tertiary/aromatic N) is 5. The molecule has 164 valence electrons. The van der Waals surface area contributed by atoms with Crippen LogP contribution in [0.4, 0.5) is 13.2 Å². The van der Waals surface area contributed by atoms with Crippen LogP contribution in [0, 0.1) is 17.2 Å². The average molecular weight is 440 g/mol. The fourth-order valence-corrected chi connectivity index (χ4v) is 5.17. The van der Waals surface area contributed by atoms with Gasteiger partial charge in [0.05, 0.1) is 11.1 Å². The van der Waals surface area contributed by atoms with Crippen molar-refractivity contribution in [3.8, 4) is 6.07 Å². The number of pyridine rings is 1. The van der Waals surface area contributed by atoms with Crippen LogP contribution in [0.15, 0.2) is 42.6 Å². The number of fused-ring (bicyclic) bond motifs is 2. The van der Waals surface area contributed by atoms with Gasteiger partial charge in [-0.3, -0.25) is 9.20 Å². The molecule has 1 aromatic carbocycles. The number of carbonyl (C=O) groups excluding carboxylic acids is 1. The van der Waals surface area contributed by atoms with Gasteiger partial charge in [0.2, 0.25) is 5.82 Å². The minimum absolute atomic E-state index is 0.0830. The predicted octanol–water partition coefficient (Wildman–Crippen LogP) is 2.97. The van der Waals surface area contributed by atoms with Crippen LogP contribution in [0.25, 0.3) is 5.65 Å². The summed E-state index contributed by atoms with van der Waals surface area (Å²) in [5.41, 5.74) is 6.32. The molecule has 2 aliphatic rings. The highest BCUT2D eigenvalue weighted by Crippen LogP contribution is 2.50. The Morgan fingerprint density at radius 3 is 2.72 bits per heavy atom. The number of halogens is 3. The molecule has 5 rings (SSSR count). The van der Waals surface area contributed by atoms with Crippen LogP contribution in [-0.4, -0.2) is 44.0 Å². The Balaban J connectivity index is 1.38. The van der Waals surface area contributed by atoms with Gasteiger partial charge in [0.25, 0.3) is 5.91 Å². The molecule has 7 nitrogen and oxygen atoms in total. The van der Waals surface area contributed by atoms with Gasteiger partial charge in [-0.2, -0.15) is 18.4 Å². The van der Waals surface area contributed by atoms with Crippen molar-refractivity contribution in [1.29, 1.82) is 5.26 Å². The molecule has 2 aromatic heterocycles. The number of aromatic nitrogens is 3. The van der Waals surface area contributed by atoms with Crippen molar-refractivity contribution in [2.45, 2.75) is 30.5 Å². The van der Waals surface area contributed by atoms with Gasteiger partial charge in [-0.05, 0) is 48.4 Å². The summed E-state index contributed by atoms with van der Waals surface area (Å²) in [5.74, 6) is -0.711. The number of likely N-dealkylation sites (tertiary alicyclic amines) is 1. The Labute approximate surface area is 181 Å². The number of carbonyl (C=O) groups is 1. The standard InChI is InChI=1S/C22H19F3N6O/c23-22(24,25)17-4-2-1-3-16(17)14-7-15-11-30(12-21(15,27)8-14)20(32)19-29-28-18-6-5-13(9-26)10-31(18)19/h1-6,10,14-15H,7-8,11-12,27H2/t14-,15-,21-/m1/s1.